The first kappa shape index (κ1) is 17.4. The van der Waals surface area contributed by atoms with Crippen LogP contribution in [0.5, 0.6) is 0 Å². The molecule has 0 spiro atoms. The van der Waals surface area contributed by atoms with Gasteiger partial charge in [-0.1, -0.05) is 30.3 Å². The summed E-state index contributed by atoms with van der Waals surface area (Å²) in [6, 6.07) is 13.3. The van der Waals surface area contributed by atoms with Crippen molar-refractivity contribution in [3.63, 3.8) is 0 Å². The molecule has 25 heavy (non-hydrogen) atoms. The zero-order chi connectivity index (χ0) is 17.6. The summed E-state index contributed by atoms with van der Waals surface area (Å²) in [7, 11) is 0. The molecule has 0 saturated carbocycles. The van der Waals surface area contributed by atoms with Crippen LogP contribution in [-0.2, 0) is 17.9 Å². The number of halogens is 1. The van der Waals surface area contributed by atoms with E-state index in [0.29, 0.717) is 12.4 Å². The fraction of sp³-hybridized carbons (Fsp3) is 0.368. The van der Waals surface area contributed by atoms with Gasteiger partial charge in [-0.15, -0.1) is 0 Å². The number of hydrogen-bond acceptors (Lipinski definition) is 4. The Hall–Kier alpha value is -2.47. The van der Waals surface area contributed by atoms with Crippen molar-refractivity contribution < 1.29 is 9.18 Å². The van der Waals surface area contributed by atoms with E-state index < -0.39 is 5.95 Å². The number of pyridine rings is 1. The minimum Gasteiger partial charge on any atom is -0.354 e. The minimum atomic E-state index is -0.431. The molecule has 1 N–H and O–H groups in total. The lowest BCUT2D eigenvalue weighted by Gasteiger charge is -2.35. The largest absolute Gasteiger partial charge is 0.354 e. The third-order valence-electron chi connectivity index (χ3n) is 4.37. The molecule has 5 nitrogen and oxygen atoms in total. The maximum atomic E-state index is 13.2. The van der Waals surface area contributed by atoms with Gasteiger partial charge >= 0.3 is 0 Å². The van der Waals surface area contributed by atoms with Crippen LogP contribution in [-0.4, -0.2) is 42.0 Å². The van der Waals surface area contributed by atoms with E-state index >= 15 is 0 Å². The number of carbonyl (C=O) groups excluding carboxylic acids is 1. The first-order chi connectivity index (χ1) is 12.1. The number of aromatic nitrogens is 1. The van der Waals surface area contributed by atoms with Gasteiger partial charge in [0.15, 0.2) is 0 Å². The lowest BCUT2D eigenvalue weighted by molar-refractivity contribution is -0.119. The van der Waals surface area contributed by atoms with E-state index in [1.165, 1.54) is 18.6 Å². The summed E-state index contributed by atoms with van der Waals surface area (Å²) in [5.41, 5.74) is 2.35. The predicted molar refractivity (Wildman–Crippen MR) is 95.6 cm³/mol. The first-order valence-corrected chi connectivity index (χ1v) is 8.52. The molecule has 1 fully saturated rings. The van der Waals surface area contributed by atoms with Gasteiger partial charge < -0.3 is 10.2 Å². The lowest BCUT2D eigenvalue weighted by Crippen LogP contribution is -2.46. The SMILES string of the molecule is CC(=O)NCc1ccc(CN2CCN(c3cccc(F)n3)CC2)cc1. The molecule has 0 radical (unpaired) electrons. The van der Waals surface area contributed by atoms with Crippen molar-refractivity contribution in [2.45, 2.75) is 20.0 Å². The Bertz CT molecular complexity index is 712. The standard InChI is InChI=1S/C19H23FN4O/c1-15(25)21-13-16-5-7-17(8-6-16)14-23-9-11-24(12-10-23)19-4-2-3-18(20)22-19/h2-8H,9-14H2,1H3,(H,21,25). The number of rotatable bonds is 5. The predicted octanol–water partition coefficient (Wildman–Crippen LogP) is 2.18. The number of nitrogens with one attached hydrogen (secondary N) is 1. The molecule has 1 amide bonds. The first-order valence-electron chi connectivity index (χ1n) is 8.52. The van der Waals surface area contributed by atoms with Gasteiger partial charge in [-0.3, -0.25) is 9.69 Å². The van der Waals surface area contributed by atoms with E-state index in [1.54, 1.807) is 6.07 Å². The van der Waals surface area contributed by atoms with Crippen LogP contribution in [0.25, 0.3) is 0 Å². The van der Waals surface area contributed by atoms with Crippen LogP contribution < -0.4 is 10.2 Å². The monoisotopic (exact) mass is 342 g/mol. The molecular weight excluding hydrogens is 319 g/mol. The Morgan fingerprint density at radius 3 is 2.40 bits per heavy atom. The number of nitrogens with zero attached hydrogens (tertiary/aromatic N) is 3. The number of anilines is 1. The molecule has 0 atom stereocenters. The fourth-order valence-electron chi connectivity index (χ4n) is 2.96. The highest BCUT2D eigenvalue weighted by atomic mass is 19.1. The average molecular weight is 342 g/mol. The van der Waals surface area contributed by atoms with Crippen molar-refractivity contribution in [1.82, 2.24) is 15.2 Å². The third-order valence-corrected chi connectivity index (χ3v) is 4.37. The van der Waals surface area contributed by atoms with Crippen LogP contribution >= 0.6 is 0 Å². The Labute approximate surface area is 147 Å². The number of hydrogen-bond donors (Lipinski definition) is 1. The van der Waals surface area contributed by atoms with Gasteiger partial charge in [0.25, 0.3) is 0 Å². The average Bonchev–Trinajstić information content (AvgIpc) is 2.62. The number of benzene rings is 1. The van der Waals surface area contributed by atoms with Gasteiger partial charge in [-0.2, -0.15) is 4.39 Å². The van der Waals surface area contributed by atoms with Gasteiger partial charge in [0.05, 0.1) is 0 Å². The topological polar surface area (TPSA) is 48.5 Å². The maximum Gasteiger partial charge on any atom is 0.217 e. The molecular formula is C19H23FN4O. The Balaban J connectivity index is 1.49. The molecule has 1 aliphatic heterocycles. The fourth-order valence-corrected chi connectivity index (χ4v) is 2.96. The number of amides is 1. The molecule has 132 valence electrons. The van der Waals surface area contributed by atoms with Crippen molar-refractivity contribution in [3.8, 4) is 0 Å². The van der Waals surface area contributed by atoms with Gasteiger partial charge in [0, 0.05) is 46.2 Å². The highest BCUT2D eigenvalue weighted by Gasteiger charge is 2.18. The van der Waals surface area contributed by atoms with Crippen LogP contribution in [0.15, 0.2) is 42.5 Å². The molecule has 1 aromatic heterocycles. The van der Waals surface area contributed by atoms with Gasteiger partial charge in [-0.05, 0) is 23.3 Å². The van der Waals surface area contributed by atoms with E-state index in [-0.39, 0.29) is 5.91 Å². The van der Waals surface area contributed by atoms with E-state index in [1.807, 2.05) is 6.07 Å². The summed E-state index contributed by atoms with van der Waals surface area (Å²) in [4.78, 5) is 19.4. The lowest BCUT2D eigenvalue weighted by atomic mass is 10.1. The number of carbonyl (C=O) groups is 1. The van der Waals surface area contributed by atoms with Crippen LogP contribution in [0.3, 0.4) is 0 Å². The van der Waals surface area contributed by atoms with E-state index in [9.17, 15) is 9.18 Å². The van der Waals surface area contributed by atoms with E-state index in [0.717, 1.165) is 38.3 Å². The Morgan fingerprint density at radius 1 is 1.08 bits per heavy atom. The van der Waals surface area contributed by atoms with Gasteiger partial charge in [0.1, 0.15) is 5.82 Å². The normalized spacial score (nSPS) is 15.2. The summed E-state index contributed by atoms with van der Waals surface area (Å²) < 4.78 is 13.2. The Kier molecular flexibility index (Phi) is 5.60. The summed E-state index contributed by atoms with van der Waals surface area (Å²) in [6.07, 6.45) is 0. The summed E-state index contributed by atoms with van der Waals surface area (Å²) in [5, 5.41) is 2.80. The summed E-state index contributed by atoms with van der Waals surface area (Å²) >= 11 is 0. The second-order valence-electron chi connectivity index (χ2n) is 6.31. The van der Waals surface area contributed by atoms with Gasteiger partial charge in [-0.25, -0.2) is 4.98 Å². The molecule has 0 aliphatic carbocycles. The second-order valence-corrected chi connectivity index (χ2v) is 6.31. The minimum absolute atomic E-state index is 0.0188. The van der Waals surface area contributed by atoms with Crippen molar-refractivity contribution >= 4 is 11.7 Å². The van der Waals surface area contributed by atoms with Crippen LogP contribution in [0.1, 0.15) is 18.1 Å². The van der Waals surface area contributed by atoms with E-state index in [2.05, 4.69) is 44.4 Å². The van der Waals surface area contributed by atoms with Crippen molar-refractivity contribution in [3.05, 3.63) is 59.5 Å². The zero-order valence-electron chi connectivity index (χ0n) is 14.4. The maximum absolute atomic E-state index is 13.2. The molecule has 0 unspecified atom stereocenters. The smallest absolute Gasteiger partial charge is 0.217 e. The summed E-state index contributed by atoms with van der Waals surface area (Å²) in [5.74, 6) is 0.260. The zero-order valence-corrected chi connectivity index (χ0v) is 14.4. The third kappa shape index (κ3) is 5.00. The molecule has 6 heteroatoms. The molecule has 2 aromatic rings. The molecule has 1 aromatic carbocycles. The van der Waals surface area contributed by atoms with Crippen molar-refractivity contribution in [1.29, 1.82) is 0 Å². The van der Waals surface area contributed by atoms with Gasteiger partial charge in [0.2, 0.25) is 11.9 Å². The molecule has 3 rings (SSSR count). The van der Waals surface area contributed by atoms with E-state index in [4.69, 9.17) is 0 Å². The van der Waals surface area contributed by atoms with Crippen LogP contribution in [0.2, 0.25) is 0 Å². The molecule has 2 heterocycles. The quantitative estimate of drug-likeness (QED) is 0.846. The molecule has 0 bridgehead atoms. The Morgan fingerprint density at radius 2 is 1.76 bits per heavy atom. The van der Waals surface area contributed by atoms with Crippen LogP contribution in [0, 0.1) is 5.95 Å². The molecule has 1 aliphatic rings. The van der Waals surface area contributed by atoms with Crippen LogP contribution in [0.4, 0.5) is 10.2 Å². The highest BCUT2D eigenvalue weighted by Crippen LogP contribution is 2.15. The van der Waals surface area contributed by atoms with Crippen molar-refractivity contribution in [2.75, 3.05) is 31.1 Å². The van der Waals surface area contributed by atoms with Crippen molar-refractivity contribution in [2.24, 2.45) is 0 Å². The molecule has 1 saturated heterocycles. The highest BCUT2D eigenvalue weighted by molar-refractivity contribution is 5.72. The second kappa shape index (κ2) is 8.07. The summed E-state index contributed by atoms with van der Waals surface area (Å²) in [6.45, 7) is 6.51. The number of piperazine rings is 1.